The first-order valence-corrected chi connectivity index (χ1v) is 17.3. The van der Waals surface area contributed by atoms with Gasteiger partial charge in [-0.05, 0) is 70.3 Å². The number of unbranched alkanes of at least 4 members (excludes halogenated alkanes) is 1. The van der Waals surface area contributed by atoms with Crippen LogP contribution in [0.1, 0.15) is 132 Å². The first-order chi connectivity index (χ1) is 21.3. The number of rotatable bonds is 19. The van der Waals surface area contributed by atoms with Gasteiger partial charge in [0.25, 0.3) is 0 Å². The summed E-state index contributed by atoms with van der Waals surface area (Å²) in [5.41, 5.74) is -0.235. The Morgan fingerprint density at radius 2 is 1.62 bits per heavy atom. The van der Waals surface area contributed by atoms with Gasteiger partial charge in [-0.2, -0.15) is 5.06 Å². The lowest BCUT2D eigenvalue weighted by Gasteiger charge is -2.56. The number of carbonyl (C=O) groups is 3. The second-order valence-electron chi connectivity index (χ2n) is 13.8. The Labute approximate surface area is 272 Å². The number of ketones is 1. The summed E-state index contributed by atoms with van der Waals surface area (Å²) in [6.45, 7) is 18.0. The molecule has 1 fully saturated rings. The van der Waals surface area contributed by atoms with Crippen molar-refractivity contribution in [3.63, 3.8) is 0 Å². The van der Waals surface area contributed by atoms with Gasteiger partial charge in [0.1, 0.15) is 12.4 Å². The normalized spacial score (nSPS) is 25.6. The van der Waals surface area contributed by atoms with Gasteiger partial charge in [0.05, 0.1) is 29.7 Å². The summed E-state index contributed by atoms with van der Waals surface area (Å²) in [6, 6.07) is 10.0. The highest BCUT2D eigenvalue weighted by molar-refractivity contribution is 5.84. The number of nitrogens with zero attached hydrogens (tertiary/aromatic N) is 1. The van der Waals surface area contributed by atoms with E-state index in [1.165, 1.54) is 0 Å². The summed E-state index contributed by atoms with van der Waals surface area (Å²) in [4.78, 5) is 47.4. The molecule has 0 bridgehead atoms. The van der Waals surface area contributed by atoms with Crippen molar-refractivity contribution in [1.82, 2.24) is 5.06 Å². The molecule has 8 heteroatoms. The Morgan fingerprint density at radius 3 is 2.18 bits per heavy atom. The molecule has 0 spiro atoms. The fraction of sp³-hybridized carbons (Fsp3) is 0.757. The molecular weight excluding hydrogens is 570 g/mol. The molecule has 0 aromatic heterocycles. The number of ether oxygens (including phenoxy) is 2. The van der Waals surface area contributed by atoms with Crippen LogP contribution in [-0.2, 0) is 28.7 Å². The summed E-state index contributed by atoms with van der Waals surface area (Å²) in [5, 5.41) is 11.8. The molecule has 8 unspecified atom stereocenters. The maximum absolute atomic E-state index is 13.9. The number of esters is 2. The molecule has 1 saturated heterocycles. The van der Waals surface area contributed by atoms with E-state index < -0.39 is 35.2 Å². The number of benzene rings is 1. The molecule has 8 atom stereocenters. The minimum Gasteiger partial charge on any atom is -0.465 e. The fourth-order valence-electron chi connectivity index (χ4n) is 6.42. The van der Waals surface area contributed by atoms with Crippen LogP contribution < -0.4 is 0 Å². The van der Waals surface area contributed by atoms with Gasteiger partial charge in [0.15, 0.2) is 6.10 Å². The van der Waals surface area contributed by atoms with Gasteiger partial charge >= 0.3 is 11.9 Å². The second kappa shape index (κ2) is 18.2. The quantitative estimate of drug-likeness (QED) is 0.157. The van der Waals surface area contributed by atoms with Gasteiger partial charge in [0, 0.05) is 12.3 Å². The Kier molecular flexibility index (Phi) is 15.7. The fourth-order valence-corrected chi connectivity index (χ4v) is 6.42. The van der Waals surface area contributed by atoms with E-state index in [9.17, 15) is 19.5 Å². The van der Waals surface area contributed by atoms with E-state index in [4.69, 9.17) is 14.3 Å². The standard InChI is InChI=1S/C37H61NO7/c1-10-14-18-29(11-2)25-44-34(41)31(21-26(5)30-19-16-15-17-20-30)22-33(35(42)43-24-27(6)39)45-38-36(8,12-3)23-32(40)28(7)37(38,9)13-4/h15-17,19-20,26-29,31,33,39H,10-14,18,21-25H2,1-9H3. The molecule has 1 aliphatic heterocycles. The summed E-state index contributed by atoms with van der Waals surface area (Å²) in [7, 11) is 0. The van der Waals surface area contributed by atoms with E-state index in [2.05, 4.69) is 20.8 Å². The van der Waals surface area contributed by atoms with Crippen LogP contribution in [0, 0.1) is 17.8 Å². The van der Waals surface area contributed by atoms with Crippen molar-refractivity contribution >= 4 is 17.7 Å². The average molecular weight is 632 g/mol. The lowest BCUT2D eigenvalue weighted by molar-refractivity contribution is -0.315. The van der Waals surface area contributed by atoms with Crippen molar-refractivity contribution in [3.8, 4) is 0 Å². The van der Waals surface area contributed by atoms with Gasteiger partial charge in [0.2, 0.25) is 0 Å². The lowest BCUT2D eigenvalue weighted by Crippen LogP contribution is -2.67. The maximum atomic E-state index is 13.9. The molecule has 1 aromatic carbocycles. The molecule has 8 nitrogen and oxygen atoms in total. The van der Waals surface area contributed by atoms with Gasteiger partial charge in [-0.3, -0.25) is 14.4 Å². The van der Waals surface area contributed by atoms with Crippen molar-refractivity contribution in [2.45, 2.75) is 149 Å². The Balaban J connectivity index is 2.48. The topological polar surface area (TPSA) is 102 Å². The minimum absolute atomic E-state index is 0.0226. The molecule has 1 N–H and O–H groups in total. The number of Topliss-reactive ketones (excluding diaryl/α,β-unsaturated/α-hetero) is 1. The second-order valence-corrected chi connectivity index (χ2v) is 13.8. The third kappa shape index (κ3) is 10.6. The molecule has 0 radical (unpaired) electrons. The number of hydrogen-bond acceptors (Lipinski definition) is 8. The first kappa shape index (κ1) is 38.9. The first-order valence-electron chi connectivity index (χ1n) is 17.3. The SMILES string of the molecule is CCCCC(CC)COC(=O)C(CC(ON1C(C)(CC)CC(=O)C(C)C1(C)CC)C(=O)OCC(C)O)CC(C)c1ccccc1. The molecule has 1 aromatic rings. The van der Waals surface area contributed by atoms with Gasteiger partial charge in [-0.1, -0.05) is 91.1 Å². The molecule has 1 heterocycles. The van der Waals surface area contributed by atoms with Gasteiger partial charge in [-0.15, -0.1) is 0 Å². The highest BCUT2D eigenvalue weighted by atomic mass is 16.7. The molecular formula is C37H61NO7. The number of piperidine rings is 1. The molecule has 256 valence electrons. The van der Waals surface area contributed by atoms with Crippen LogP contribution in [0.15, 0.2) is 30.3 Å². The minimum atomic E-state index is -1.14. The molecule has 0 saturated carbocycles. The molecule has 0 amide bonds. The number of hydrogen-bond donors (Lipinski definition) is 1. The van der Waals surface area contributed by atoms with Crippen molar-refractivity contribution in [1.29, 1.82) is 0 Å². The third-order valence-corrected chi connectivity index (χ3v) is 10.2. The Hall–Kier alpha value is -2.29. The van der Waals surface area contributed by atoms with Crippen LogP contribution in [0.5, 0.6) is 0 Å². The van der Waals surface area contributed by atoms with Crippen LogP contribution in [0.4, 0.5) is 0 Å². The van der Waals surface area contributed by atoms with E-state index in [0.29, 0.717) is 32.3 Å². The van der Waals surface area contributed by atoms with Crippen LogP contribution in [0.3, 0.4) is 0 Å². The monoisotopic (exact) mass is 631 g/mol. The largest absolute Gasteiger partial charge is 0.465 e. The van der Waals surface area contributed by atoms with E-state index in [1.807, 2.05) is 70.0 Å². The van der Waals surface area contributed by atoms with E-state index >= 15 is 0 Å². The lowest BCUT2D eigenvalue weighted by atomic mass is 9.70. The number of aliphatic hydroxyl groups is 1. The van der Waals surface area contributed by atoms with Crippen molar-refractivity contribution in [2.24, 2.45) is 17.8 Å². The molecule has 2 rings (SSSR count). The van der Waals surface area contributed by atoms with E-state index in [-0.39, 0.29) is 42.5 Å². The summed E-state index contributed by atoms with van der Waals surface area (Å²) >= 11 is 0. The van der Waals surface area contributed by atoms with Crippen LogP contribution >= 0.6 is 0 Å². The predicted molar refractivity (Wildman–Crippen MR) is 177 cm³/mol. The molecule has 1 aliphatic rings. The number of aliphatic hydroxyl groups excluding tert-OH is 1. The van der Waals surface area contributed by atoms with Crippen LogP contribution in [0.25, 0.3) is 0 Å². The Morgan fingerprint density at radius 1 is 0.978 bits per heavy atom. The zero-order chi connectivity index (χ0) is 33.8. The van der Waals surface area contributed by atoms with Crippen molar-refractivity contribution < 1.29 is 33.8 Å². The highest BCUT2D eigenvalue weighted by Gasteiger charge is 2.55. The van der Waals surface area contributed by atoms with E-state index in [0.717, 1.165) is 31.2 Å². The van der Waals surface area contributed by atoms with Gasteiger partial charge < -0.3 is 14.6 Å². The zero-order valence-corrected chi connectivity index (χ0v) is 29.5. The smallest absolute Gasteiger partial charge is 0.337 e. The zero-order valence-electron chi connectivity index (χ0n) is 29.5. The highest BCUT2D eigenvalue weighted by Crippen LogP contribution is 2.45. The number of carbonyl (C=O) groups excluding carboxylic acids is 3. The van der Waals surface area contributed by atoms with Crippen LogP contribution in [-0.4, -0.2) is 64.4 Å². The summed E-state index contributed by atoms with van der Waals surface area (Å²) in [6.07, 6.45) is 4.17. The average Bonchev–Trinajstić information content (AvgIpc) is 3.03. The van der Waals surface area contributed by atoms with Gasteiger partial charge in [-0.25, -0.2) is 4.79 Å². The maximum Gasteiger partial charge on any atom is 0.337 e. The van der Waals surface area contributed by atoms with E-state index in [1.54, 1.807) is 6.92 Å². The van der Waals surface area contributed by atoms with Crippen molar-refractivity contribution in [2.75, 3.05) is 13.2 Å². The summed E-state index contributed by atoms with van der Waals surface area (Å²) < 4.78 is 11.5. The molecule has 0 aliphatic carbocycles. The predicted octanol–water partition coefficient (Wildman–Crippen LogP) is 7.42. The number of hydroxylamine groups is 2. The molecule has 45 heavy (non-hydrogen) atoms. The van der Waals surface area contributed by atoms with Crippen LogP contribution in [0.2, 0.25) is 0 Å². The Bertz CT molecular complexity index is 1060. The third-order valence-electron chi connectivity index (χ3n) is 10.2. The van der Waals surface area contributed by atoms with Crippen molar-refractivity contribution in [3.05, 3.63) is 35.9 Å². The summed E-state index contributed by atoms with van der Waals surface area (Å²) in [5.74, 6) is -1.47.